The highest BCUT2D eigenvalue weighted by Gasteiger charge is 2.26. The van der Waals surface area contributed by atoms with E-state index >= 15 is 0 Å². The van der Waals surface area contributed by atoms with Crippen LogP contribution in [0.4, 0.5) is 0 Å². The number of aryl methyl sites for hydroxylation is 1. The molecule has 2 rings (SSSR count). The van der Waals surface area contributed by atoms with Crippen LogP contribution in [-0.2, 0) is 13.6 Å². The fourth-order valence-corrected chi connectivity index (χ4v) is 2.33. The van der Waals surface area contributed by atoms with Crippen LogP contribution in [-0.4, -0.2) is 50.1 Å². The number of rotatable bonds is 4. The van der Waals surface area contributed by atoms with Crippen molar-refractivity contribution in [3.05, 3.63) is 17.5 Å². The van der Waals surface area contributed by atoms with Crippen molar-refractivity contribution in [1.29, 1.82) is 0 Å². The predicted octanol–water partition coefficient (Wildman–Crippen LogP) is 0.0750. The fraction of sp³-hybridized carbons (Fsp3) is 0.636. The van der Waals surface area contributed by atoms with Crippen LogP contribution < -0.4 is 0 Å². The Morgan fingerprint density at radius 3 is 3.06 bits per heavy atom. The molecule has 1 aliphatic heterocycles. The van der Waals surface area contributed by atoms with Gasteiger partial charge in [0.25, 0.3) is 0 Å². The first kappa shape index (κ1) is 12.1. The second-order valence-corrected chi connectivity index (χ2v) is 4.38. The van der Waals surface area contributed by atoms with Crippen molar-refractivity contribution in [3.8, 4) is 0 Å². The molecule has 6 heteroatoms. The van der Waals surface area contributed by atoms with Crippen molar-refractivity contribution < 1.29 is 15.0 Å². The number of carboxylic acid groups (broad SMARTS) is 1. The molecule has 0 radical (unpaired) electrons. The number of hydrogen-bond acceptors (Lipinski definition) is 4. The molecular formula is C11H17N3O3. The van der Waals surface area contributed by atoms with Gasteiger partial charge in [-0.25, -0.2) is 4.79 Å². The van der Waals surface area contributed by atoms with Gasteiger partial charge in [0.2, 0.25) is 0 Å². The smallest absolute Gasteiger partial charge is 0.339 e. The largest absolute Gasteiger partial charge is 0.478 e. The van der Waals surface area contributed by atoms with E-state index in [0.29, 0.717) is 12.2 Å². The molecule has 0 saturated carbocycles. The number of carbonyl (C=O) groups is 1. The van der Waals surface area contributed by atoms with Gasteiger partial charge in [0.1, 0.15) is 5.56 Å². The summed E-state index contributed by atoms with van der Waals surface area (Å²) in [6.07, 6.45) is 3.39. The van der Waals surface area contributed by atoms with Gasteiger partial charge in [-0.15, -0.1) is 0 Å². The van der Waals surface area contributed by atoms with Crippen molar-refractivity contribution in [2.24, 2.45) is 7.05 Å². The molecule has 0 spiro atoms. The molecule has 17 heavy (non-hydrogen) atoms. The highest BCUT2D eigenvalue weighted by Crippen LogP contribution is 2.20. The Kier molecular flexibility index (Phi) is 3.44. The summed E-state index contributed by atoms with van der Waals surface area (Å²) in [5.74, 6) is -0.951. The number of aliphatic hydroxyl groups is 1. The first-order valence-corrected chi connectivity index (χ1v) is 5.72. The summed E-state index contributed by atoms with van der Waals surface area (Å²) < 4.78 is 1.59. The van der Waals surface area contributed by atoms with Crippen LogP contribution in [0, 0.1) is 0 Å². The van der Waals surface area contributed by atoms with Gasteiger partial charge in [-0.3, -0.25) is 9.58 Å². The zero-order valence-electron chi connectivity index (χ0n) is 9.83. The average Bonchev–Trinajstić information content (AvgIpc) is 2.87. The Hall–Kier alpha value is -1.40. The third kappa shape index (κ3) is 2.32. The minimum Gasteiger partial charge on any atom is -0.478 e. The van der Waals surface area contributed by atoms with Crippen molar-refractivity contribution in [1.82, 2.24) is 14.7 Å². The third-order valence-corrected chi connectivity index (χ3v) is 3.35. The zero-order valence-corrected chi connectivity index (χ0v) is 9.83. The summed E-state index contributed by atoms with van der Waals surface area (Å²) >= 11 is 0. The monoisotopic (exact) mass is 239 g/mol. The SMILES string of the molecule is Cn1ncc(C(=O)O)c1CN1CCCC1CO. The van der Waals surface area contributed by atoms with Gasteiger partial charge >= 0.3 is 5.97 Å². The minimum absolute atomic E-state index is 0.125. The van der Waals surface area contributed by atoms with E-state index in [2.05, 4.69) is 10.00 Å². The second kappa shape index (κ2) is 4.85. The molecule has 1 aromatic heterocycles. The summed E-state index contributed by atoms with van der Waals surface area (Å²) in [5.41, 5.74) is 0.939. The molecule has 0 bridgehead atoms. The number of likely N-dealkylation sites (tertiary alicyclic amines) is 1. The number of nitrogens with zero attached hydrogens (tertiary/aromatic N) is 3. The molecule has 1 aliphatic rings. The molecule has 1 saturated heterocycles. The van der Waals surface area contributed by atoms with Crippen molar-refractivity contribution in [2.45, 2.75) is 25.4 Å². The zero-order chi connectivity index (χ0) is 12.4. The summed E-state index contributed by atoms with van der Waals surface area (Å²) in [6.45, 7) is 1.55. The molecular weight excluding hydrogens is 222 g/mol. The van der Waals surface area contributed by atoms with Crippen LogP contribution in [0.3, 0.4) is 0 Å². The first-order chi connectivity index (χ1) is 8.13. The molecule has 2 heterocycles. The Balaban J connectivity index is 2.17. The lowest BCUT2D eigenvalue weighted by atomic mass is 10.2. The fourth-order valence-electron chi connectivity index (χ4n) is 2.33. The van der Waals surface area contributed by atoms with Gasteiger partial charge < -0.3 is 10.2 Å². The van der Waals surface area contributed by atoms with Crippen LogP contribution >= 0.6 is 0 Å². The lowest BCUT2D eigenvalue weighted by Gasteiger charge is -2.22. The predicted molar refractivity (Wildman–Crippen MR) is 60.7 cm³/mol. The summed E-state index contributed by atoms with van der Waals surface area (Å²) in [5, 5.41) is 22.3. The van der Waals surface area contributed by atoms with E-state index in [-0.39, 0.29) is 18.2 Å². The van der Waals surface area contributed by atoms with Crippen LogP contribution in [0.5, 0.6) is 0 Å². The minimum atomic E-state index is -0.951. The van der Waals surface area contributed by atoms with Gasteiger partial charge in [-0.2, -0.15) is 5.10 Å². The van der Waals surface area contributed by atoms with Crippen LogP contribution in [0.1, 0.15) is 28.9 Å². The Bertz CT molecular complexity index is 416. The molecule has 1 fully saturated rings. The molecule has 0 amide bonds. The second-order valence-electron chi connectivity index (χ2n) is 4.38. The van der Waals surface area contributed by atoms with Crippen LogP contribution in [0.15, 0.2) is 6.20 Å². The normalized spacial score (nSPS) is 20.9. The van der Waals surface area contributed by atoms with Gasteiger partial charge in [-0.05, 0) is 19.4 Å². The topological polar surface area (TPSA) is 78.6 Å². The molecule has 1 atom stereocenters. The third-order valence-electron chi connectivity index (χ3n) is 3.35. The van der Waals surface area contributed by atoms with Crippen LogP contribution in [0.25, 0.3) is 0 Å². The lowest BCUT2D eigenvalue weighted by molar-refractivity contribution is 0.0693. The molecule has 94 valence electrons. The van der Waals surface area contributed by atoms with E-state index in [1.54, 1.807) is 11.7 Å². The molecule has 1 aromatic rings. The maximum atomic E-state index is 11.0. The van der Waals surface area contributed by atoms with E-state index in [1.165, 1.54) is 6.20 Å². The van der Waals surface area contributed by atoms with E-state index in [0.717, 1.165) is 19.4 Å². The molecule has 2 N–H and O–H groups in total. The van der Waals surface area contributed by atoms with Crippen molar-refractivity contribution in [2.75, 3.05) is 13.2 Å². The van der Waals surface area contributed by atoms with Crippen molar-refractivity contribution in [3.63, 3.8) is 0 Å². The highest BCUT2D eigenvalue weighted by molar-refractivity contribution is 5.88. The highest BCUT2D eigenvalue weighted by atomic mass is 16.4. The summed E-state index contributed by atoms with van der Waals surface area (Å²) in [6, 6.07) is 0.145. The maximum absolute atomic E-state index is 11.0. The Labute approximate surface area is 99.5 Å². The molecule has 6 nitrogen and oxygen atoms in total. The van der Waals surface area contributed by atoms with E-state index in [4.69, 9.17) is 5.11 Å². The Morgan fingerprint density at radius 2 is 2.41 bits per heavy atom. The number of aromatic nitrogens is 2. The van der Waals surface area contributed by atoms with E-state index < -0.39 is 5.97 Å². The van der Waals surface area contributed by atoms with Gasteiger partial charge in [0.15, 0.2) is 0 Å². The summed E-state index contributed by atoms with van der Waals surface area (Å²) in [7, 11) is 1.74. The van der Waals surface area contributed by atoms with E-state index in [1.807, 2.05) is 0 Å². The average molecular weight is 239 g/mol. The van der Waals surface area contributed by atoms with Gasteiger partial charge in [0.05, 0.1) is 18.5 Å². The number of aromatic carboxylic acids is 1. The molecule has 0 aliphatic carbocycles. The molecule has 1 unspecified atom stereocenters. The quantitative estimate of drug-likeness (QED) is 0.777. The van der Waals surface area contributed by atoms with Crippen LogP contribution in [0.2, 0.25) is 0 Å². The van der Waals surface area contributed by atoms with Crippen molar-refractivity contribution >= 4 is 5.97 Å². The maximum Gasteiger partial charge on any atom is 0.339 e. The number of aliphatic hydroxyl groups excluding tert-OH is 1. The van der Waals surface area contributed by atoms with Gasteiger partial charge in [0, 0.05) is 19.6 Å². The lowest BCUT2D eigenvalue weighted by Crippen LogP contribution is -2.32. The standard InChI is InChI=1S/C11H17N3O3/c1-13-10(9(5-12-13)11(16)17)6-14-4-2-3-8(14)7-15/h5,8,15H,2-4,6-7H2,1H3,(H,16,17). The first-order valence-electron chi connectivity index (χ1n) is 5.72. The van der Waals surface area contributed by atoms with E-state index in [9.17, 15) is 9.90 Å². The number of carboxylic acids is 1. The van der Waals surface area contributed by atoms with Gasteiger partial charge in [-0.1, -0.05) is 0 Å². The Morgan fingerprint density at radius 1 is 1.65 bits per heavy atom. The summed E-state index contributed by atoms with van der Waals surface area (Å²) in [4.78, 5) is 13.2. The molecule has 0 aromatic carbocycles. The number of hydrogen-bond donors (Lipinski definition) is 2.